The van der Waals surface area contributed by atoms with E-state index >= 15 is 0 Å². The first kappa shape index (κ1) is 14.8. The highest BCUT2D eigenvalue weighted by Gasteiger charge is 2.64. The first-order chi connectivity index (χ1) is 10.2. The van der Waals surface area contributed by atoms with Crippen LogP contribution in [0.5, 0.6) is 0 Å². The minimum Gasteiger partial charge on any atom is -0.478 e. The van der Waals surface area contributed by atoms with Crippen LogP contribution in [-0.4, -0.2) is 22.9 Å². The van der Waals surface area contributed by atoms with E-state index in [0.717, 1.165) is 0 Å². The van der Waals surface area contributed by atoms with Gasteiger partial charge in [-0.25, -0.2) is 9.69 Å². The Morgan fingerprint density at radius 2 is 1.95 bits per heavy atom. The first-order valence-electron chi connectivity index (χ1n) is 7.42. The van der Waals surface area contributed by atoms with Crippen molar-refractivity contribution in [3.05, 3.63) is 29.8 Å². The molecule has 5 heteroatoms. The molecule has 0 spiro atoms. The van der Waals surface area contributed by atoms with Crippen LogP contribution in [0.3, 0.4) is 0 Å². The van der Waals surface area contributed by atoms with Crippen LogP contribution in [0, 0.1) is 16.7 Å². The Morgan fingerprint density at radius 1 is 1.27 bits per heavy atom. The van der Waals surface area contributed by atoms with Gasteiger partial charge < -0.3 is 5.11 Å². The molecule has 1 aliphatic carbocycles. The quantitative estimate of drug-likeness (QED) is 0.852. The van der Waals surface area contributed by atoms with Crippen LogP contribution in [0.25, 0.3) is 0 Å². The normalized spacial score (nSPS) is 29.8. The molecule has 2 atom stereocenters. The second kappa shape index (κ2) is 4.41. The summed E-state index contributed by atoms with van der Waals surface area (Å²) in [4.78, 5) is 38.1. The van der Waals surface area contributed by atoms with Crippen molar-refractivity contribution in [2.75, 3.05) is 4.90 Å². The fourth-order valence-corrected chi connectivity index (χ4v) is 3.84. The van der Waals surface area contributed by atoms with E-state index in [4.69, 9.17) is 5.11 Å². The summed E-state index contributed by atoms with van der Waals surface area (Å²) in [6.07, 6.45) is 1.38. The summed E-state index contributed by atoms with van der Waals surface area (Å²) < 4.78 is 0. The summed E-state index contributed by atoms with van der Waals surface area (Å²) in [5, 5.41) is 9.10. The molecule has 1 heterocycles. The number of hydrogen-bond acceptors (Lipinski definition) is 3. The van der Waals surface area contributed by atoms with Gasteiger partial charge >= 0.3 is 5.97 Å². The Bertz CT molecular complexity index is 694. The van der Waals surface area contributed by atoms with Crippen molar-refractivity contribution in [1.29, 1.82) is 0 Å². The van der Waals surface area contributed by atoms with E-state index in [0.29, 0.717) is 18.5 Å². The van der Waals surface area contributed by atoms with Crippen LogP contribution < -0.4 is 4.90 Å². The largest absolute Gasteiger partial charge is 0.478 e. The molecule has 116 valence electrons. The molecular weight excluding hydrogens is 282 g/mol. The second-order valence-electron chi connectivity index (χ2n) is 6.98. The molecule has 1 aliphatic heterocycles. The minimum atomic E-state index is -1.08. The third-order valence-corrected chi connectivity index (χ3v) is 5.77. The number of rotatable bonds is 2. The number of aromatic carboxylic acids is 1. The molecular formula is C17H19NO4. The Hall–Kier alpha value is -2.17. The molecule has 0 radical (unpaired) electrons. The van der Waals surface area contributed by atoms with E-state index in [1.54, 1.807) is 12.1 Å². The molecule has 2 fully saturated rings. The number of carbonyl (C=O) groups excluding carboxylic acids is 2. The third-order valence-electron chi connectivity index (χ3n) is 5.77. The van der Waals surface area contributed by atoms with E-state index in [2.05, 4.69) is 0 Å². The Balaban J connectivity index is 2.10. The summed E-state index contributed by atoms with van der Waals surface area (Å²) in [5.74, 6) is -1.72. The summed E-state index contributed by atoms with van der Waals surface area (Å²) in [5.41, 5.74) is -0.545. The minimum absolute atomic E-state index is 0.0698. The van der Waals surface area contributed by atoms with E-state index < -0.39 is 11.4 Å². The number of imide groups is 1. The third kappa shape index (κ3) is 1.68. The van der Waals surface area contributed by atoms with Crippen LogP contribution in [0.15, 0.2) is 24.3 Å². The molecule has 0 unspecified atom stereocenters. The van der Waals surface area contributed by atoms with Crippen molar-refractivity contribution in [3.63, 3.8) is 0 Å². The number of fused-ring (bicyclic) bond motifs is 2. The maximum absolute atomic E-state index is 13.0. The highest BCUT2D eigenvalue weighted by Crippen LogP contribution is 2.60. The molecule has 1 aromatic rings. The van der Waals surface area contributed by atoms with Crippen LogP contribution in [0.4, 0.5) is 5.69 Å². The zero-order valence-electron chi connectivity index (χ0n) is 12.9. The number of benzene rings is 1. The number of carboxylic acids is 1. The molecule has 1 saturated heterocycles. The van der Waals surface area contributed by atoms with Crippen molar-refractivity contribution in [3.8, 4) is 0 Å². The number of anilines is 1. The summed E-state index contributed by atoms with van der Waals surface area (Å²) in [7, 11) is 0. The average molecular weight is 301 g/mol. The molecule has 1 saturated carbocycles. The zero-order valence-corrected chi connectivity index (χ0v) is 12.9. The van der Waals surface area contributed by atoms with Crippen LogP contribution in [-0.2, 0) is 9.59 Å². The molecule has 3 rings (SSSR count). The summed E-state index contributed by atoms with van der Waals surface area (Å²) in [6, 6.07) is 6.01. The lowest BCUT2D eigenvalue weighted by molar-refractivity contribution is -0.146. The number of hydrogen-bond donors (Lipinski definition) is 1. The predicted octanol–water partition coefficient (Wildman–Crippen LogP) is 2.70. The van der Waals surface area contributed by atoms with Crippen LogP contribution >= 0.6 is 0 Å². The molecule has 2 bridgehead atoms. The maximum atomic E-state index is 13.0. The van der Waals surface area contributed by atoms with Crippen LogP contribution in [0.1, 0.15) is 44.0 Å². The highest BCUT2D eigenvalue weighted by atomic mass is 16.4. The number of carbonyl (C=O) groups is 3. The van der Waals surface area contributed by atoms with E-state index in [-0.39, 0.29) is 28.7 Å². The van der Waals surface area contributed by atoms with Gasteiger partial charge in [-0.2, -0.15) is 0 Å². The standard InChI is InChI=1S/C17H19NO4/c1-16(2)12-7-8-17(16,3)15(22)18(13(12)19)11-6-4-5-10(9-11)14(20)21/h4-6,9,12H,7-8H2,1-3H3,(H,20,21)/t12-,17+/m0/s1. The smallest absolute Gasteiger partial charge is 0.335 e. The van der Waals surface area contributed by atoms with Gasteiger partial charge in [0.1, 0.15) is 0 Å². The van der Waals surface area contributed by atoms with E-state index in [9.17, 15) is 14.4 Å². The zero-order chi connectivity index (χ0) is 16.3. The van der Waals surface area contributed by atoms with Crippen molar-refractivity contribution >= 4 is 23.5 Å². The van der Waals surface area contributed by atoms with Gasteiger partial charge in [0.25, 0.3) is 0 Å². The second-order valence-corrected chi connectivity index (χ2v) is 6.98. The summed E-state index contributed by atoms with van der Waals surface area (Å²) in [6.45, 7) is 5.87. The lowest BCUT2D eigenvalue weighted by Gasteiger charge is -2.47. The highest BCUT2D eigenvalue weighted by molar-refractivity contribution is 6.20. The Labute approximate surface area is 128 Å². The topological polar surface area (TPSA) is 74.7 Å². The van der Waals surface area contributed by atoms with Gasteiger partial charge in [0.05, 0.1) is 16.7 Å². The van der Waals surface area contributed by atoms with Crippen molar-refractivity contribution < 1.29 is 19.5 Å². The van der Waals surface area contributed by atoms with Gasteiger partial charge in [0.15, 0.2) is 0 Å². The lowest BCUT2D eigenvalue weighted by atomic mass is 9.62. The molecule has 0 aromatic heterocycles. The van der Waals surface area contributed by atoms with Gasteiger partial charge in [-0.1, -0.05) is 26.8 Å². The van der Waals surface area contributed by atoms with E-state index in [1.807, 2.05) is 20.8 Å². The molecule has 2 aliphatic rings. The molecule has 5 nitrogen and oxygen atoms in total. The van der Waals surface area contributed by atoms with Crippen LogP contribution in [0.2, 0.25) is 0 Å². The van der Waals surface area contributed by atoms with Gasteiger partial charge in [-0.15, -0.1) is 0 Å². The molecule has 1 aromatic carbocycles. The fourth-order valence-electron chi connectivity index (χ4n) is 3.84. The van der Waals surface area contributed by atoms with Crippen molar-refractivity contribution in [2.45, 2.75) is 33.6 Å². The van der Waals surface area contributed by atoms with E-state index in [1.165, 1.54) is 17.0 Å². The van der Waals surface area contributed by atoms with Crippen molar-refractivity contribution in [2.24, 2.45) is 16.7 Å². The number of nitrogens with zero attached hydrogens (tertiary/aromatic N) is 1. The number of piperidine rings is 1. The number of carboxylic acid groups (broad SMARTS) is 1. The predicted molar refractivity (Wildman–Crippen MR) is 80.5 cm³/mol. The molecule has 22 heavy (non-hydrogen) atoms. The molecule has 1 N–H and O–H groups in total. The monoisotopic (exact) mass is 301 g/mol. The van der Waals surface area contributed by atoms with Gasteiger partial charge in [-0.05, 0) is 36.5 Å². The van der Waals surface area contributed by atoms with Crippen molar-refractivity contribution in [1.82, 2.24) is 0 Å². The SMILES string of the molecule is CC1(C)[C@H]2CC[C@]1(C)C(=O)N(c1cccc(C(=O)O)c1)C2=O. The molecule has 2 amide bonds. The maximum Gasteiger partial charge on any atom is 0.335 e. The fraction of sp³-hybridized carbons (Fsp3) is 0.471. The Morgan fingerprint density at radius 3 is 2.59 bits per heavy atom. The number of amides is 2. The van der Waals surface area contributed by atoms with Gasteiger partial charge in [0.2, 0.25) is 11.8 Å². The average Bonchev–Trinajstić information content (AvgIpc) is 2.63. The lowest BCUT2D eigenvalue weighted by Crippen LogP contribution is -2.59. The van der Waals surface area contributed by atoms with Gasteiger partial charge in [-0.3, -0.25) is 9.59 Å². The van der Waals surface area contributed by atoms with Gasteiger partial charge in [0, 0.05) is 5.92 Å². The first-order valence-corrected chi connectivity index (χ1v) is 7.42. The summed E-state index contributed by atoms with van der Waals surface area (Å²) >= 11 is 0. The Kier molecular flexibility index (Phi) is 2.96.